The van der Waals surface area contributed by atoms with Crippen LogP contribution in [0, 0.1) is 5.41 Å². The molecule has 0 aliphatic rings. The van der Waals surface area contributed by atoms with E-state index in [0.717, 1.165) is 5.56 Å². The van der Waals surface area contributed by atoms with Gasteiger partial charge in [0, 0.05) is 17.6 Å². The van der Waals surface area contributed by atoms with Crippen molar-refractivity contribution in [2.24, 2.45) is 5.73 Å². The van der Waals surface area contributed by atoms with Crippen LogP contribution in [0.1, 0.15) is 58.2 Å². The van der Waals surface area contributed by atoms with Gasteiger partial charge in [-0.1, -0.05) is 24.3 Å². The summed E-state index contributed by atoms with van der Waals surface area (Å²) in [7, 11) is 0. The second-order valence-corrected chi connectivity index (χ2v) is 9.18. The molecular weight excluding hydrogens is 538 g/mol. The number of nitrogen functional groups attached to an aromatic ring is 1. The van der Waals surface area contributed by atoms with Crippen LogP contribution in [0.25, 0.3) is 6.08 Å². The van der Waals surface area contributed by atoms with E-state index in [2.05, 4.69) is 5.32 Å². The van der Waals surface area contributed by atoms with Crippen molar-refractivity contribution in [1.29, 1.82) is 5.41 Å². The Kier molecular flexibility index (Phi) is 11.1. The average Bonchev–Trinajstić information content (AvgIpc) is 2.98. The number of nitrogens with one attached hydrogen (secondary N) is 2. The zero-order valence-electron chi connectivity index (χ0n) is 23.6. The van der Waals surface area contributed by atoms with Gasteiger partial charge in [0.2, 0.25) is 5.91 Å². The van der Waals surface area contributed by atoms with Gasteiger partial charge in [-0.25, -0.2) is 14.4 Å². The Bertz CT molecular complexity index is 1460. The van der Waals surface area contributed by atoms with Gasteiger partial charge in [-0.15, -0.1) is 0 Å². The lowest BCUT2D eigenvalue weighted by Crippen LogP contribution is -2.43. The van der Waals surface area contributed by atoms with E-state index in [1.54, 1.807) is 99.6 Å². The number of rotatable bonds is 12. The minimum Gasteiger partial charge on any atom is -0.464 e. The highest BCUT2D eigenvalue weighted by atomic mass is 16.5. The molecule has 0 spiro atoms. The summed E-state index contributed by atoms with van der Waals surface area (Å²) in [5.41, 5.74) is 8.37. The van der Waals surface area contributed by atoms with Gasteiger partial charge < -0.3 is 25.3 Å². The second-order valence-electron chi connectivity index (χ2n) is 9.18. The molecule has 0 saturated heterocycles. The highest BCUT2D eigenvalue weighted by molar-refractivity contribution is 5.99. The van der Waals surface area contributed by atoms with Gasteiger partial charge in [0.25, 0.3) is 0 Å². The zero-order valence-corrected chi connectivity index (χ0v) is 23.6. The van der Waals surface area contributed by atoms with Gasteiger partial charge in [-0.05, 0) is 86.5 Å². The molecule has 0 aliphatic heterocycles. The van der Waals surface area contributed by atoms with Gasteiger partial charge in [0.15, 0.2) is 0 Å². The van der Waals surface area contributed by atoms with Crippen molar-refractivity contribution in [3.05, 3.63) is 106 Å². The van der Waals surface area contributed by atoms with Gasteiger partial charge >= 0.3 is 17.9 Å². The van der Waals surface area contributed by atoms with Crippen molar-refractivity contribution < 1.29 is 33.4 Å². The Morgan fingerprint density at radius 1 is 0.810 bits per heavy atom. The maximum absolute atomic E-state index is 13.0. The normalized spacial score (nSPS) is 11.6. The number of carbonyl (C=O) groups excluding carboxylic acids is 4. The average molecular weight is 572 g/mol. The lowest BCUT2D eigenvalue weighted by Gasteiger charge is -2.18. The molecule has 218 valence electrons. The number of esters is 3. The molecule has 4 N–H and O–H groups in total. The van der Waals surface area contributed by atoms with Crippen LogP contribution in [0.15, 0.2) is 78.4 Å². The number of amidine groups is 1. The number of hydrogen-bond acceptors (Lipinski definition) is 8. The molecular formula is C32H33N3O7. The van der Waals surface area contributed by atoms with E-state index >= 15 is 0 Å². The van der Waals surface area contributed by atoms with Crippen LogP contribution >= 0.6 is 0 Å². The van der Waals surface area contributed by atoms with E-state index in [4.69, 9.17) is 25.4 Å². The van der Waals surface area contributed by atoms with Crippen LogP contribution in [0.2, 0.25) is 0 Å². The fraction of sp³-hybridized carbons (Fsp3) is 0.219. The number of benzene rings is 3. The number of carbonyl (C=O) groups is 4. The predicted octanol–water partition coefficient (Wildman–Crippen LogP) is 4.06. The molecule has 3 aromatic carbocycles. The molecule has 0 radical (unpaired) electrons. The SMILES string of the molecule is CCOC(=O)c1ccc(C[C@H](NC(=O)/C(C)=C/c2ccc(C(=O)Oc3ccc(C(=N)N)cc3)cc2)C(=O)OCC)cc1. The molecule has 10 nitrogen and oxygen atoms in total. The molecule has 0 unspecified atom stereocenters. The maximum atomic E-state index is 13.0. The van der Waals surface area contributed by atoms with Gasteiger partial charge in [-0.3, -0.25) is 10.2 Å². The van der Waals surface area contributed by atoms with Crippen LogP contribution in [0.5, 0.6) is 5.75 Å². The summed E-state index contributed by atoms with van der Waals surface area (Å²) in [5.74, 6) is -1.82. The summed E-state index contributed by atoms with van der Waals surface area (Å²) in [6, 6.07) is 18.4. The molecule has 1 atom stereocenters. The lowest BCUT2D eigenvalue weighted by atomic mass is 10.0. The monoisotopic (exact) mass is 571 g/mol. The Labute approximate surface area is 244 Å². The van der Waals surface area contributed by atoms with E-state index in [1.807, 2.05) is 0 Å². The molecule has 0 saturated carbocycles. The summed E-state index contributed by atoms with van der Waals surface area (Å²) in [4.78, 5) is 50.0. The van der Waals surface area contributed by atoms with Crippen LogP contribution in [0.3, 0.4) is 0 Å². The van der Waals surface area contributed by atoms with Crippen molar-refractivity contribution >= 4 is 35.7 Å². The first kappa shape index (κ1) is 31.3. The largest absolute Gasteiger partial charge is 0.464 e. The molecule has 0 fully saturated rings. The first-order valence-corrected chi connectivity index (χ1v) is 13.3. The van der Waals surface area contributed by atoms with Crippen LogP contribution < -0.4 is 15.8 Å². The Balaban J connectivity index is 1.65. The summed E-state index contributed by atoms with van der Waals surface area (Å²) < 4.78 is 15.5. The van der Waals surface area contributed by atoms with Crippen molar-refractivity contribution in [2.45, 2.75) is 33.2 Å². The molecule has 42 heavy (non-hydrogen) atoms. The second kappa shape index (κ2) is 14.9. The molecule has 0 bridgehead atoms. The molecule has 1 amide bonds. The summed E-state index contributed by atoms with van der Waals surface area (Å²) in [5, 5.41) is 10.2. The first-order chi connectivity index (χ1) is 20.1. The van der Waals surface area contributed by atoms with Crippen LogP contribution in [0.4, 0.5) is 0 Å². The minimum atomic E-state index is -0.948. The summed E-state index contributed by atoms with van der Waals surface area (Å²) in [6.07, 6.45) is 1.79. The molecule has 3 rings (SSSR count). The third-order valence-corrected chi connectivity index (χ3v) is 6.04. The number of hydrogen-bond donors (Lipinski definition) is 3. The van der Waals surface area contributed by atoms with Crippen molar-refractivity contribution in [1.82, 2.24) is 5.32 Å². The Hall–Kier alpha value is -5.25. The number of ether oxygens (including phenoxy) is 3. The highest BCUT2D eigenvalue weighted by Crippen LogP contribution is 2.16. The van der Waals surface area contributed by atoms with Gasteiger partial charge in [0.1, 0.15) is 17.6 Å². The third-order valence-electron chi connectivity index (χ3n) is 6.04. The fourth-order valence-corrected chi connectivity index (χ4v) is 3.83. The van der Waals surface area contributed by atoms with Gasteiger partial charge in [0.05, 0.1) is 24.3 Å². The third kappa shape index (κ3) is 8.88. The summed E-state index contributed by atoms with van der Waals surface area (Å²) in [6.45, 7) is 5.43. The van der Waals surface area contributed by atoms with Gasteiger partial charge in [-0.2, -0.15) is 0 Å². The smallest absolute Gasteiger partial charge is 0.343 e. The quantitative estimate of drug-likeness (QED) is 0.0965. The fourth-order valence-electron chi connectivity index (χ4n) is 3.83. The minimum absolute atomic E-state index is 0.0842. The van der Waals surface area contributed by atoms with Crippen molar-refractivity contribution in [3.63, 3.8) is 0 Å². The standard InChI is InChI=1S/C32H33N3O7/c1-4-40-30(37)24-10-8-22(9-11-24)19-27(32(39)41-5-2)35-29(36)20(3)18-21-6-12-25(13-7-21)31(38)42-26-16-14-23(15-17-26)28(33)34/h6-18,27H,4-5,19H2,1-3H3,(H3,33,34)(H,35,36)/b20-18+/t27-/m0/s1. The summed E-state index contributed by atoms with van der Waals surface area (Å²) >= 11 is 0. The van der Waals surface area contributed by atoms with E-state index < -0.39 is 29.9 Å². The molecule has 0 aromatic heterocycles. The van der Waals surface area contributed by atoms with Crippen LogP contribution in [-0.2, 0) is 25.5 Å². The first-order valence-electron chi connectivity index (χ1n) is 13.3. The lowest BCUT2D eigenvalue weighted by molar-refractivity contribution is -0.147. The van der Waals surface area contributed by atoms with E-state index in [9.17, 15) is 19.2 Å². The van der Waals surface area contributed by atoms with E-state index in [-0.39, 0.29) is 25.5 Å². The van der Waals surface area contributed by atoms with Crippen LogP contribution in [-0.4, -0.2) is 48.9 Å². The molecule has 0 aliphatic carbocycles. The topological polar surface area (TPSA) is 158 Å². The maximum Gasteiger partial charge on any atom is 0.343 e. The van der Waals surface area contributed by atoms with E-state index in [0.29, 0.717) is 33.6 Å². The van der Waals surface area contributed by atoms with E-state index in [1.165, 1.54) is 0 Å². The molecule has 10 heteroatoms. The van der Waals surface area contributed by atoms with Crippen molar-refractivity contribution in [3.8, 4) is 5.75 Å². The Morgan fingerprint density at radius 2 is 1.36 bits per heavy atom. The Morgan fingerprint density at radius 3 is 1.93 bits per heavy atom. The molecule has 0 heterocycles. The number of nitrogens with two attached hydrogens (primary N) is 1. The van der Waals surface area contributed by atoms with Crippen molar-refractivity contribution in [2.75, 3.05) is 13.2 Å². The zero-order chi connectivity index (χ0) is 30.6. The predicted molar refractivity (Wildman–Crippen MR) is 157 cm³/mol. The number of amides is 1. The molecule has 3 aromatic rings. The highest BCUT2D eigenvalue weighted by Gasteiger charge is 2.23.